The van der Waals surface area contributed by atoms with Crippen LogP contribution in [0.4, 0.5) is 0 Å². The molecular formula is C19H24O. The molecule has 0 N–H and O–H groups in total. The smallest absolute Gasteiger partial charge is 0.0722 e. The van der Waals surface area contributed by atoms with Gasteiger partial charge in [0.1, 0.15) is 0 Å². The van der Waals surface area contributed by atoms with Gasteiger partial charge in [0.2, 0.25) is 0 Å². The predicted octanol–water partition coefficient (Wildman–Crippen LogP) is 5.19. The van der Waals surface area contributed by atoms with Crippen LogP contribution in [0.5, 0.6) is 0 Å². The minimum absolute atomic E-state index is 0.172. The molecule has 0 atom stereocenters. The molecule has 0 unspecified atom stereocenters. The van der Waals surface area contributed by atoms with E-state index in [1.807, 2.05) is 6.92 Å². The fraction of sp³-hybridized carbons (Fsp3) is 0.368. The Morgan fingerprint density at radius 2 is 1.70 bits per heavy atom. The normalized spacial score (nSPS) is 11.6. The first-order valence-electron chi connectivity index (χ1n) is 7.29. The molecule has 0 aliphatic heterocycles. The molecular weight excluding hydrogens is 244 g/mol. The summed E-state index contributed by atoms with van der Waals surface area (Å²) in [6.45, 7) is 10.2. The third-order valence-corrected chi connectivity index (χ3v) is 3.52. The molecule has 0 saturated heterocycles. The molecule has 0 fully saturated rings. The van der Waals surface area contributed by atoms with Gasteiger partial charge in [-0.25, -0.2) is 0 Å². The molecule has 106 valence electrons. The molecule has 20 heavy (non-hydrogen) atoms. The third kappa shape index (κ3) is 3.49. The lowest BCUT2D eigenvalue weighted by Crippen LogP contribution is -2.10. The van der Waals surface area contributed by atoms with E-state index >= 15 is 0 Å². The van der Waals surface area contributed by atoms with E-state index in [4.69, 9.17) is 4.74 Å². The van der Waals surface area contributed by atoms with Crippen molar-refractivity contribution in [1.29, 1.82) is 0 Å². The maximum atomic E-state index is 5.58. The van der Waals surface area contributed by atoms with Crippen LogP contribution in [0.3, 0.4) is 0 Å². The third-order valence-electron chi connectivity index (χ3n) is 3.52. The second-order valence-electron chi connectivity index (χ2n) is 6.13. The van der Waals surface area contributed by atoms with Crippen molar-refractivity contribution in [2.75, 3.05) is 6.61 Å². The van der Waals surface area contributed by atoms with Gasteiger partial charge >= 0.3 is 0 Å². The van der Waals surface area contributed by atoms with Crippen molar-refractivity contribution >= 4 is 0 Å². The van der Waals surface area contributed by atoms with Gasteiger partial charge in [-0.1, -0.05) is 69.3 Å². The zero-order chi connectivity index (χ0) is 14.6. The fourth-order valence-corrected chi connectivity index (χ4v) is 2.29. The quantitative estimate of drug-likeness (QED) is 0.741. The lowest BCUT2D eigenvalue weighted by Gasteiger charge is -2.20. The highest BCUT2D eigenvalue weighted by molar-refractivity contribution is 5.68. The van der Waals surface area contributed by atoms with E-state index in [0.717, 1.165) is 6.61 Å². The summed E-state index contributed by atoms with van der Waals surface area (Å²) < 4.78 is 5.58. The molecule has 0 spiro atoms. The average molecular weight is 268 g/mol. The molecule has 0 saturated carbocycles. The van der Waals surface area contributed by atoms with E-state index in [2.05, 4.69) is 69.3 Å². The van der Waals surface area contributed by atoms with E-state index in [1.165, 1.54) is 22.3 Å². The van der Waals surface area contributed by atoms with E-state index < -0.39 is 0 Å². The van der Waals surface area contributed by atoms with Gasteiger partial charge in [-0.15, -0.1) is 0 Å². The van der Waals surface area contributed by atoms with Gasteiger partial charge in [-0.05, 0) is 34.6 Å². The highest BCUT2D eigenvalue weighted by atomic mass is 16.5. The van der Waals surface area contributed by atoms with Crippen LogP contribution in [0.2, 0.25) is 0 Å². The highest BCUT2D eigenvalue weighted by Gasteiger charge is 2.14. The van der Waals surface area contributed by atoms with Crippen LogP contribution in [0, 0.1) is 0 Å². The first-order valence-corrected chi connectivity index (χ1v) is 7.29. The standard InChI is InChI=1S/C19H24O/c1-5-20-14-16-9-6-7-12-18(16)15-10-8-11-17(13-15)19(2,3)4/h6-13H,5,14H2,1-4H3. The molecule has 0 aliphatic carbocycles. The Morgan fingerprint density at radius 1 is 0.950 bits per heavy atom. The largest absolute Gasteiger partial charge is 0.377 e. The summed E-state index contributed by atoms with van der Waals surface area (Å²) in [5, 5.41) is 0. The Morgan fingerprint density at radius 3 is 2.40 bits per heavy atom. The van der Waals surface area contributed by atoms with E-state index in [9.17, 15) is 0 Å². The maximum Gasteiger partial charge on any atom is 0.0722 e. The minimum atomic E-state index is 0.172. The molecule has 0 bridgehead atoms. The van der Waals surface area contributed by atoms with Crippen LogP contribution in [0.1, 0.15) is 38.8 Å². The summed E-state index contributed by atoms with van der Waals surface area (Å²) in [6, 6.07) is 17.3. The Balaban J connectivity index is 2.41. The van der Waals surface area contributed by atoms with Crippen LogP contribution in [0.25, 0.3) is 11.1 Å². The second-order valence-corrected chi connectivity index (χ2v) is 6.13. The Hall–Kier alpha value is -1.60. The zero-order valence-electron chi connectivity index (χ0n) is 12.9. The lowest BCUT2D eigenvalue weighted by atomic mass is 9.85. The van der Waals surface area contributed by atoms with Crippen LogP contribution in [-0.4, -0.2) is 6.61 Å². The highest BCUT2D eigenvalue weighted by Crippen LogP contribution is 2.29. The zero-order valence-corrected chi connectivity index (χ0v) is 12.9. The van der Waals surface area contributed by atoms with Crippen LogP contribution >= 0.6 is 0 Å². The molecule has 2 rings (SSSR count). The van der Waals surface area contributed by atoms with Crippen molar-refractivity contribution in [3.63, 3.8) is 0 Å². The number of ether oxygens (including phenoxy) is 1. The predicted molar refractivity (Wildman–Crippen MR) is 85.9 cm³/mol. The van der Waals surface area contributed by atoms with Crippen molar-refractivity contribution in [3.05, 3.63) is 59.7 Å². The van der Waals surface area contributed by atoms with Gasteiger partial charge in [0.15, 0.2) is 0 Å². The Bertz CT molecular complexity index is 564. The van der Waals surface area contributed by atoms with Gasteiger partial charge in [-0.3, -0.25) is 0 Å². The molecule has 0 aliphatic rings. The van der Waals surface area contributed by atoms with E-state index in [-0.39, 0.29) is 5.41 Å². The fourth-order valence-electron chi connectivity index (χ4n) is 2.29. The summed E-state index contributed by atoms with van der Waals surface area (Å²) in [6.07, 6.45) is 0. The van der Waals surface area contributed by atoms with Crippen LogP contribution in [-0.2, 0) is 16.8 Å². The number of hydrogen-bond acceptors (Lipinski definition) is 1. The summed E-state index contributed by atoms with van der Waals surface area (Å²) in [7, 11) is 0. The summed E-state index contributed by atoms with van der Waals surface area (Å²) in [5.41, 5.74) is 5.33. The maximum absolute atomic E-state index is 5.58. The average Bonchev–Trinajstić information content (AvgIpc) is 2.45. The minimum Gasteiger partial charge on any atom is -0.377 e. The van der Waals surface area contributed by atoms with Crippen molar-refractivity contribution in [2.45, 2.75) is 39.7 Å². The first kappa shape index (κ1) is 14.8. The Kier molecular flexibility index (Phi) is 4.61. The van der Waals surface area contributed by atoms with Crippen LogP contribution in [0.15, 0.2) is 48.5 Å². The Labute approximate surface area is 122 Å². The molecule has 0 heterocycles. The summed E-state index contributed by atoms with van der Waals surface area (Å²) in [5.74, 6) is 0. The number of benzene rings is 2. The van der Waals surface area contributed by atoms with Gasteiger partial charge in [0, 0.05) is 6.61 Å². The van der Waals surface area contributed by atoms with E-state index in [0.29, 0.717) is 6.61 Å². The summed E-state index contributed by atoms with van der Waals surface area (Å²) >= 11 is 0. The number of rotatable bonds is 4. The summed E-state index contributed by atoms with van der Waals surface area (Å²) in [4.78, 5) is 0. The molecule has 0 aromatic heterocycles. The number of hydrogen-bond donors (Lipinski definition) is 0. The molecule has 0 radical (unpaired) electrons. The molecule has 2 aromatic rings. The molecule has 1 nitrogen and oxygen atoms in total. The van der Waals surface area contributed by atoms with Gasteiger partial charge in [-0.2, -0.15) is 0 Å². The van der Waals surface area contributed by atoms with Crippen molar-refractivity contribution < 1.29 is 4.74 Å². The monoisotopic (exact) mass is 268 g/mol. The molecule has 0 amide bonds. The van der Waals surface area contributed by atoms with E-state index in [1.54, 1.807) is 0 Å². The van der Waals surface area contributed by atoms with Gasteiger partial charge < -0.3 is 4.74 Å². The topological polar surface area (TPSA) is 9.23 Å². The van der Waals surface area contributed by atoms with Crippen molar-refractivity contribution in [2.24, 2.45) is 0 Å². The van der Waals surface area contributed by atoms with Crippen molar-refractivity contribution in [3.8, 4) is 11.1 Å². The second kappa shape index (κ2) is 6.23. The van der Waals surface area contributed by atoms with Gasteiger partial charge in [0.05, 0.1) is 6.61 Å². The first-order chi connectivity index (χ1) is 9.52. The lowest BCUT2D eigenvalue weighted by molar-refractivity contribution is 0.134. The molecule has 1 heteroatoms. The SMILES string of the molecule is CCOCc1ccccc1-c1cccc(C(C)(C)C)c1. The van der Waals surface area contributed by atoms with Crippen molar-refractivity contribution in [1.82, 2.24) is 0 Å². The van der Waals surface area contributed by atoms with Gasteiger partial charge in [0.25, 0.3) is 0 Å². The molecule has 2 aromatic carbocycles. The van der Waals surface area contributed by atoms with Crippen LogP contribution < -0.4 is 0 Å².